The molecule has 0 saturated carbocycles. The third-order valence-electron chi connectivity index (χ3n) is 13.6. The van der Waals surface area contributed by atoms with Crippen LogP contribution in [0.15, 0.2) is 12.2 Å². The molecule has 380 valence electrons. The summed E-state index contributed by atoms with van der Waals surface area (Å²) in [6, 6.07) is -0.636. The van der Waals surface area contributed by atoms with Crippen molar-refractivity contribution < 1.29 is 24.5 Å². The molecule has 6 heteroatoms. The summed E-state index contributed by atoms with van der Waals surface area (Å²) in [4.78, 5) is 24.5. The number of aliphatic hydroxyl groups excluding tert-OH is 2. The fourth-order valence-electron chi connectivity index (χ4n) is 9.11. The first-order valence-electron chi connectivity index (χ1n) is 29.0. The van der Waals surface area contributed by atoms with Gasteiger partial charge < -0.3 is 20.3 Å². The zero-order valence-corrected chi connectivity index (χ0v) is 43.3. The van der Waals surface area contributed by atoms with Gasteiger partial charge in [0.2, 0.25) is 5.91 Å². The Hall–Kier alpha value is -1.40. The standard InChI is InChI=1S/C58H113NO5/c1-3-5-7-9-11-13-15-17-19-21-22-24-28-32-36-40-44-48-52-58(63)64-53-49-45-41-37-33-29-25-27-31-35-39-43-47-51-57(62)59-55(54-60)56(61)50-46-42-38-34-30-26-23-20-18-16-14-12-10-8-6-4-2/h46,50,55-56,60-61H,3-45,47-49,51-54H2,1-2H3,(H,59,62)/b50-46+. The van der Waals surface area contributed by atoms with Crippen LogP contribution in [0.4, 0.5) is 0 Å². The quantitative estimate of drug-likeness (QED) is 0.0321. The van der Waals surface area contributed by atoms with Crippen LogP contribution in [0, 0.1) is 0 Å². The molecule has 0 bridgehead atoms. The number of carbonyl (C=O) groups excluding carboxylic acids is 2. The van der Waals surface area contributed by atoms with Crippen LogP contribution >= 0.6 is 0 Å². The molecule has 0 aliphatic carbocycles. The molecule has 64 heavy (non-hydrogen) atoms. The molecule has 0 aliphatic rings. The molecule has 0 aromatic carbocycles. The molecular formula is C58H113NO5. The van der Waals surface area contributed by atoms with Crippen LogP contribution in [0.5, 0.6) is 0 Å². The predicted molar refractivity (Wildman–Crippen MR) is 278 cm³/mol. The molecule has 2 unspecified atom stereocenters. The van der Waals surface area contributed by atoms with E-state index in [2.05, 4.69) is 19.2 Å². The van der Waals surface area contributed by atoms with E-state index in [1.807, 2.05) is 6.08 Å². The number of hydrogen-bond donors (Lipinski definition) is 3. The van der Waals surface area contributed by atoms with Crippen LogP contribution in [0.3, 0.4) is 0 Å². The number of carbonyl (C=O) groups is 2. The summed E-state index contributed by atoms with van der Waals surface area (Å²) >= 11 is 0. The van der Waals surface area contributed by atoms with E-state index in [1.54, 1.807) is 6.08 Å². The zero-order chi connectivity index (χ0) is 46.5. The lowest BCUT2D eigenvalue weighted by Crippen LogP contribution is -2.45. The first-order valence-corrected chi connectivity index (χ1v) is 29.0. The second-order valence-corrected chi connectivity index (χ2v) is 20.0. The minimum absolute atomic E-state index is 0.00189. The van der Waals surface area contributed by atoms with E-state index in [1.165, 1.54) is 238 Å². The van der Waals surface area contributed by atoms with Crippen LogP contribution in [0.2, 0.25) is 0 Å². The molecule has 0 aliphatic heterocycles. The number of amides is 1. The van der Waals surface area contributed by atoms with Gasteiger partial charge in [0.15, 0.2) is 0 Å². The monoisotopic (exact) mass is 904 g/mol. The average molecular weight is 905 g/mol. The number of nitrogens with one attached hydrogen (secondary N) is 1. The third kappa shape index (κ3) is 50.0. The van der Waals surface area contributed by atoms with E-state index in [4.69, 9.17) is 4.74 Å². The number of allylic oxidation sites excluding steroid dienone is 1. The number of hydrogen-bond acceptors (Lipinski definition) is 5. The van der Waals surface area contributed by atoms with Crippen molar-refractivity contribution in [2.45, 2.75) is 334 Å². The van der Waals surface area contributed by atoms with E-state index in [-0.39, 0.29) is 18.5 Å². The number of aliphatic hydroxyl groups is 2. The SMILES string of the molecule is CCCCCCCCCCCCCCCC/C=C/C(O)C(CO)NC(=O)CCCCCCCCCCCCCCCOC(=O)CCCCCCCCCCCCCCCCCCCC. The molecule has 0 fully saturated rings. The number of unbranched alkanes of at least 4 members (excludes halogenated alkanes) is 43. The summed E-state index contributed by atoms with van der Waals surface area (Å²) < 4.78 is 5.48. The van der Waals surface area contributed by atoms with Crippen LogP contribution in [-0.2, 0) is 14.3 Å². The molecule has 0 aromatic rings. The van der Waals surface area contributed by atoms with E-state index in [0.717, 1.165) is 57.8 Å². The molecule has 0 spiro atoms. The second kappa shape index (κ2) is 54.2. The van der Waals surface area contributed by atoms with Crippen molar-refractivity contribution in [1.82, 2.24) is 5.32 Å². The van der Waals surface area contributed by atoms with Gasteiger partial charge in [0, 0.05) is 12.8 Å². The highest BCUT2D eigenvalue weighted by Gasteiger charge is 2.18. The van der Waals surface area contributed by atoms with Crippen molar-refractivity contribution in [2.24, 2.45) is 0 Å². The Balaban J connectivity index is 3.44. The minimum atomic E-state index is -0.852. The van der Waals surface area contributed by atoms with Gasteiger partial charge in [-0.15, -0.1) is 0 Å². The van der Waals surface area contributed by atoms with Crippen molar-refractivity contribution in [3.8, 4) is 0 Å². The minimum Gasteiger partial charge on any atom is -0.466 e. The van der Waals surface area contributed by atoms with Crippen LogP contribution in [0.1, 0.15) is 322 Å². The molecule has 1 amide bonds. The van der Waals surface area contributed by atoms with Gasteiger partial charge in [0.25, 0.3) is 0 Å². The Bertz CT molecular complexity index is 955. The summed E-state index contributed by atoms with van der Waals surface area (Å²) in [5.74, 6) is -0.0801. The summed E-state index contributed by atoms with van der Waals surface area (Å²) in [5.41, 5.74) is 0. The van der Waals surface area contributed by atoms with Crippen molar-refractivity contribution in [3.05, 3.63) is 12.2 Å². The summed E-state index contributed by atoms with van der Waals surface area (Å²) in [7, 11) is 0. The van der Waals surface area contributed by atoms with Gasteiger partial charge >= 0.3 is 5.97 Å². The Morgan fingerprint density at radius 3 is 1.06 bits per heavy atom. The van der Waals surface area contributed by atoms with E-state index in [0.29, 0.717) is 19.4 Å². The van der Waals surface area contributed by atoms with E-state index >= 15 is 0 Å². The molecule has 0 aromatic heterocycles. The highest BCUT2D eigenvalue weighted by molar-refractivity contribution is 5.76. The molecule has 0 saturated heterocycles. The topological polar surface area (TPSA) is 95.9 Å². The van der Waals surface area contributed by atoms with Crippen LogP contribution in [0.25, 0.3) is 0 Å². The average Bonchev–Trinajstić information content (AvgIpc) is 3.29. The maximum absolute atomic E-state index is 12.5. The highest BCUT2D eigenvalue weighted by Crippen LogP contribution is 2.17. The van der Waals surface area contributed by atoms with Crippen molar-refractivity contribution in [1.29, 1.82) is 0 Å². The Morgan fingerprint density at radius 1 is 0.422 bits per heavy atom. The predicted octanol–water partition coefficient (Wildman–Crippen LogP) is 17.7. The van der Waals surface area contributed by atoms with Gasteiger partial charge in [-0.25, -0.2) is 0 Å². The van der Waals surface area contributed by atoms with Crippen molar-refractivity contribution >= 4 is 11.9 Å². The largest absolute Gasteiger partial charge is 0.466 e. The fraction of sp³-hybridized carbons (Fsp3) is 0.931. The van der Waals surface area contributed by atoms with Crippen molar-refractivity contribution in [3.63, 3.8) is 0 Å². The molecule has 3 N–H and O–H groups in total. The maximum Gasteiger partial charge on any atom is 0.305 e. The summed E-state index contributed by atoms with van der Waals surface area (Å²) in [5, 5.41) is 23.1. The maximum atomic E-state index is 12.5. The lowest BCUT2D eigenvalue weighted by molar-refractivity contribution is -0.143. The third-order valence-corrected chi connectivity index (χ3v) is 13.6. The van der Waals surface area contributed by atoms with Gasteiger partial charge in [-0.1, -0.05) is 289 Å². The summed E-state index contributed by atoms with van der Waals surface area (Å²) in [6.07, 6.45) is 63.7. The Morgan fingerprint density at radius 2 is 0.719 bits per heavy atom. The second-order valence-electron chi connectivity index (χ2n) is 20.0. The van der Waals surface area contributed by atoms with Crippen molar-refractivity contribution in [2.75, 3.05) is 13.2 Å². The molecule has 0 rings (SSSR count). The van der Waals surface area contributed by atoms with Gasteiger partial charge in [0.05, 0.1) is 25.4 Å². The van der Waals surface area contributed by atoms with Crippen LogP contribution < -0.4 is 5.32 Å². The normalized spacial score (nSPS) is 12.6. The number of esters is 1. The Labute approximate surface area is 399 Å². The molecule has 0 radical (unpaired) electrons. The van der Waals surface area contributed by atoms with Crippen LogP contribution in [-0.4, -0.2) is 47.4 Å². The van der Waals surface area contributed by atoms with E-state index < -0.39 is 12.1 Å². The Kier molecular flexibility index (Phi) is 53.0. The number of rotatable bonds is 54. The number of ether oxygens (including phenoxy) is 1. The first-order chi connectivity index (χ1) is 31.5. The van der Waals surface area contributed by atoms with Gasteiger partial charge in [-0.3, -0.25) is 9.59 Å². The van der Waals surface area contributed by atoms with E-state index in [9.17, 15) is 19.8 Å². The fourth-order valence-corrected chi connectivity index (χ4v) is 9.11. The lowest BCUT2D eigenvalue weighted by atomic mass is 10.0. The zero-order valence-electron chi connectivity index (χ0n) is 43.3. The molecule has 6 nitrogen and oxygen atoms in total. The molecule has 2 atom stereocenters. The first kappa shape index (κ1) is 62.6. The smallest absolute Gasteiger partial charge is 0.305 e. The van der Waals surface area contributed by atoms with Gasteiger partial charge in [-0.2, -0.15) is 0 Å². The summed E-state index contributed by atoms with van der Waals surface area (Å²) in [6.45, 7) is 4.90. The highest BCUT2D eigenvalue weighted by atomic mass is 16.5. The van der Waals surface area contributed by atoms with Gasteiger partial charge in [-0.05, 0) is 32.1 Å². The lowest BCUT2D eigenvalue weighted by Gasteiger charge is -2.20. The molecule has 0 heterocycles. The van der Waals surface area contributed by atoms with Gasteiger partial charge in [0.1, 0.15) is 0 Å². The molecular weight excluding hydrogens is 791 g/mol.